The van der Waals surface area contributed by atoms with E-state index in [1.807, 2.05) is 18.2 Å². The quantitative estimate of drug-likeness (QED) is 0.738. The molecule has 19 heavy (non-hydrogen) atoms. The van der Waals surface area contributed by atoms with Crippen molar-refractivity contribution in [2.24, 2.45) is 0 Å². The number of benzene rings is 2. The van der Waals surface area contributed by atoms with E-state index in [0.29, 0.717) is 5.92 Å². The van der Waals surface area contributed by atoms with Crippen molar-refractivity contribution < 1.29 is 0 Å². The van der Waals surface area contributed by atoms with Gasteiger partial charge in [-0.3, -0.25) is 0 Å². The summed E-state index contributed by atoms with van der Waals surface area (Å²) >= 11 is 9.51. The first kappa shape index (κ1) is 14.4. The molecule has 0 unspecified atom stereocenters. The van der Waals surface area contributed by atoms with Crippen molar-refractivity contribution in [2.45, 2.75) is 26.3 Å². The van der Waals surface area contributed by atoms with Gasteiger partial charge in [0, 0.05) is 16.0 Å². The third-order valence-electron chi connectivity index (χ3n) is 3.06. The second-order valence-corrected chi connectivity index (χ2v) is 6.16. The van der Waals surface area contributed by atoms with Gasteiger partial charge in [-0.25, -0.2) is 0 Å². The molecule has 0 aliphatic carbocycles. The van der Waals surface area contributed by atoms with E-state index in [4.69, 9.17) is 11.6 Å². The Bertz CT molecular complexity index is 549. The fraction of sp³-hybridized carbons (Fsp3) is 0.250. The number of anilines is 1. The Morgan fingerprint density at radius 3 is 2.42 bits per heavy atom. The Morgan fingerprint density at radius 2 is 1.79 bits per heavy atom. The van der Waals surface area contributed by atoms with Gasteiger partial charge >= 0.3 is 0 Å². The molecule has 0 aliphatic heterocycles. The summed E-state index contributed by atoms with van der Waals surface area (Å²) in [7, 11) is 0. The lowest BCUT2D eigenvalue weighted by Gasteiger charge is -2.10. The Kier molecular flexibility index (Phi) is 4.89. The van der Waals surface area contributed by atoms with E-state index in [-0.39, 0.29) is 0 Å². The lowest BCUT2D eigenvalue weighted by molar-refractivity contribution is 0.865. The zero-order valence-electron chi connectivity index (χ0n) is 11.1. The molecule has 0 fully saturated rings. The fourth-order valence-electron chi connectivity index (χ4n) is 1.85. The molecule has 100 valence electrons. The molecule has 1 N–H and O–H groups in total. The first-order valence-corrected chi connectivity index (χ1v) is 7.51. The maximum absolute atomic E-state index is 5.99. The monoisotopic (exact) mass is 337 g/mol. The number of rotatable bonds is 4. The van der Waals surface area contributed by atoms with Crippen LogP contribution in [0.5, 0.6) is 0 Å². The van der Waals surface area contributed by atoms with Crippen LogP contribution in [0.4, 0.5) is 5.69 Å². The summed E-state index contributed by atoms with van der Waals surface area (Å²) < 4.78 is 1.02. The van der Waals surface area contributed by atoms with Crippen LogP contribution in [-0.4, -0.2) is 0 Å². The number of nitrogens with one attached hydrogen (secondary N) is 1. The molecule has 0 bridgehead atoms. The third-order valence-corrected chi connectivity index (χ3v) is 3.98. The number of halogens is 2. The largest absolute Gasteiger partial charge is 0.380 e. The highest BCUT2D eigenvalue weighted by Crippen LogP contribution is 2.26. The summed E-state index contributed by atoms with van der Waals surface area (Å²) in [6.07, 6.45) is 0. The summed E-state index contributed by atoms with van der Waals surface area (Å²) in [5, 5.41) is 4.12. The Hall–Kier alpha value is -0.990. The van der Waals surface area contributed by atoms with Crippen LogP contribution in [0.25, 0.3) is 0 Å². The molecule has 0 spiro atoms. The lowest BCUT2D eigenvalue weighted by Crippen LogP contribution is -2.00. The molecule has 0 atom stereocenters. The molecule has 0 saturated carbocycles. The third kappa shape index (κ3) is 3.99. The van der Waals surface area contributed by atoms with Crippen molar-refractivity contribution in [3.63, 3.8) is 0 Å². The van der Waals surface area contributed by atoms with Gasteiger partial charge in [0.25, 0.3) is 0 Å². The zero-order chi connectivity index (χ0) is 13.8. The summed E-state index contributed by atoms with van der Waals surface area (Å²) in [5.74, 6) is 0.573. The highest BCUT2D eigenvalue weighted by Gasteiger charge is 2.02. The highest BCUT2D eigenvalue weighted by molar-refractivity contribution is 9.10. The van der Waals surface area contributed by atoms with Gasteiger partial charge in [0.05, 0.1) is 5.69 Å². The standard InChI is InChI=1S/C16H17BrClN/c1-11(2)13-5-3-12(4-6-13)10-19-16-9-14(18)7-8-15(16)17/h3-9,11,19H,10H2,1-2H3. The summed E-state index contributed by atoms with van der Waals surface area (Å²) in [6.45, 7) is 5.20. The van der Waals surface area contributed by atoms with Crippen LogP contribution in [0.15, 0.2) is 46.9 Å². The van der Waals surface area contributed by atoms with Crippen LogP contribution in [0.2, 0.25) is 5.02 Å². The van der Waals surface area contributed by atoms with Gasteiger partial charge < -0.3 is 5.32 Å². The molecule has 0 aromatic heterocycles. The molecular formula is C16H17BrClN. The van der Waals surface area contributed by atoms with Gasteiger partial charge in [0.15, 0.2) is 0 Å². The second-order valence-electron chi connectivity index (χ2n) is 4.87. The Balaban J connectivity index is 2.04. The van der Waals surface area contributed by atoms with Crippen LogP contribution in [0.1, 0.15) is 30.9 Å². The molecule has 0 heterocycles. The maximum Gasteiger partial charge on any atom is 0.0502 e. The first-order valence-electron chi connectivity index (χ1n) is 6.34. The molecule has 2 aromatic carbocycles. The van der Waals surface area contributed by atoms with Gasteiger partial charge in [-0.05, 0) is 51.2 Å². The lowest BCUT2D eigenvalue weighted by atomic mass is 10.0. The van der Waals surface area contributed by atoms with Crippen LogP contribution in [-0.2, 0) is 6.54 Å². The SMILES string of the molecule is CC(C)c1ccc(CNc2cc(Cl)ccc2Br)cc1. The van der Waals surface area contributed by atoms with Gasteiger partial charge in [-0.1, -0.05) is 49.7 Å². The van der Waals surface area contributed by atoms with Gasteiger partial charge in [0.2, 0.25) is 0 Å². The van der Waals surface area contributed by atoms with Crippen LogP contribution in [0, 0.1) is 0 Å². The Labute approximate surface area is 128 Å². The van der Waals surface area contributed by atoms with Crippen molar-refractivity contribution in [1.82, 2.24) is 0 Å². The van der Waals surface area contributed by atoms with Gasteiger partial charge in [0.1, 0.15) is 0 Å². The van der Waals surface area contributed by atoms with Crippen molar-refractivity contribution >= 4 is 33.2 Å². The van der Waals surface area contributed by atoms with Gasteiger partial charge in [-0.2, -0.15) is 0 Å². The Morgan fingerprint density at radius 1 is 1.11 bits per heavy atom. The minimum absolute atomic E-state index is 0.573. The fourth-order valence-corrected chi connectivity index (χ4v) is 2.41. The van der Waals surface area contributed by atoms with Crippen LogP contribution in [0.3, 0.4) is 0 Å². The second kappa shape index (κ2) is 6.44. The minimum atomic E-state index is 0.573. The van der Waals surface area contributed by atoms with Gasteiger partial charge in [-0.15, -0.1) is 0 Å². The molecule has 2 rings (SSSR count). The van der Waals surface area contributed by atoms with E-state index in [9.17, 15) is 0 Å². The summed E-state index contributed by atoms with van der Waals surface area (Å²) in [5.41, 5.74) is 3.64. The molecule has 3 heteroatoms. The van der Waals surface area contributed by atoms with E-state index in [2.05, 4.69) is 59.4 Å². The maximum atomic E-state index is 5.99. The topological polar surface area (TPSA) is 12.0 Å². The molecule has 2 aromatic rings. The molecule has 0 saturated heterocycles. The predicted molar refractivity (Wildman–Crippen MR) is 87.0 cm³/mol. The van der Waals surface area contributed by atoms with E-state index >= 15 is 0 Å². The van der Waals surface area contributed by atoms with Crippen molar-refractivity contribution in [2.75, 3.05) is 5.32 Å². The molecule has 0 aliphatic rings. The van der Waals surface area contributed by atoms with E-state index in [1.54, 1.807) is 0 Å². The zero-order valence-corrected chi connectivity index (χ0v) is 13.4. The van der Waals surface area contributed by atoms with E-state index < -0.39 is 0 Å². The molecular weight excluding hydrogens is 322 g/mol. The number of hydrogen-bond donors (Lipinski definition) is 1. The normalized spacial score (nSPS) is 10.8. The van der Waals surface area contributed by atoms with Crippen LogP contribution < -0.4 is 5.32 Å². The smallest absolute Gasteiger partial charge is 0.0502 e. The van der Waals surface area contributed by atoms with Crippen LogP contribution >= 0.6 is 27.5 Å². The molecule has 1 nitrogen and oxygen atoms in total. The summed E-state index contributed by atoms with van der Waals surface area (Å²) in [6, 6.07) is 14.5. The van der Waals surface area contributed by atoms with Crippen molar-refractivity contribution in [3.05, 3.63) is 63.1 Å². The van der Waals surface area contributed by atoms with E-state index in [0.717, 1.165) is 21.7 Å². The highest BCUT2D eigenvalue weighted by atomic mass is 79.9. The average molecular weight is 339 g/mol. The molecule has 0 radical (unpaired) electrons. The van der Waals surface area contributed by atoms with Crippen molar-refractivity contribution in [1.29, 1.82) is 0 Å². The number of hydrogen-bond acceptors (Lipinski definition) is 1. The predicted octanol–water partition coefficient (Wildman–Crippen LogP) is 5.84. The van der Waals surface area contributed by atoms with E-state index in [1.165, 1.54) is 11.1 Å². The minimum Gasteiger partial charge on any atom is -0.380 e. The molecule has 0 amide bonds. The average Bonchev–Trinajstić information content (AvgIpc) is 2.40. The summed E-state index contributed by atoms with van der Waals surface area (Å²) in [4.78, 5) is 0. The first-order chi connectivity index (χ1) is 9.06. The van der Waals surface area contributed by atoms with Crippen molar-refractivity contribution in [3.8, 4) is 0 Å².